The predicted octanol–water partition coefficient (Wildman–Crippen LogP) is 2.81. The Morgan fingerprint density at radius 2 is 2.21 bits per heavy atom. The zero-order valence-corrected chi connectivity index (χ0v) is 9.74. The molecule has 0 aromatic heterocycles. The van der Waals surface area contributed by atoms with Crippen molar-refractivity contribution < 1.29 is 13.9 Å². The van der Waals surface area contributed by atoms with E-state index >= 15 is 0 Å². The molecule has 0 rings (SSSR count). The molecule has 0 aromatic carbocycles. The lowest BCUT2D eigenvalue weighted by Gasteiger charge is -2.04. The van der Waals surface area contributed by atoms with Crippen molar-refractivity contribution in [3.63, 3.8) is 0 Å². The number of ether oxygens (including phenoxy) is 1. The number of esters is 1. The van der Waals surface area contributed by atoms with Crippen molar-refractivity contribution in [3.05, 3.63) is 0 Å². The van der Waals surface area contributed by atoms with E-state index in [-0.39, 0.29) is 5.97 Å². The van der Waals surface area contributed by atoms with Crippen LogP contribution in [0.1, 0.15) is 32.6 Å². The van der Waals surface area contributed by atoms with Crippen LogP contribution in [0.5, 0.6) is 0 Å². The van der Waals surface area contributed by atoms with E-state index in [1.165, 1.54) is 7.11 Å². The normalized spacial score (nSPS) is 12.5. The molecule has 0 N–H and O–H groups in total. The van der Waals surface area contributed by atoms with Crippen molar-refractivity contribution in [3.8, 4) is 0 Å². The summed E-state index contributed by atoms with van der Waals surface area (Å²) in [6.45, 7) is 1.86. The quantitative estimate of drug-likeness (QED) is 0.466. The highest BCUT2D eigenvalue weighted by atomic mass is 32.2. The summed E-state index contributed by atoms with van der Waals surface area (Å²) in [6, 6.07) is 0. The highest BCUT2D eigenvalue weighted by Crippen LogP contribution is 2.11. The summed E-state index contributed by atoms with van der Waals surface area (Å²) in [7, 11) is 1.39. The van der Waals surface area contributed by atoms with Gasteiger partial charge in [0.1, 0.15) is 0 Å². The summed E-state index contributed by atoms with van der Waals surface area (Å²) >= 11 is 1.55. The van der Waals surface area contributed by atoms with E-state index < -0.39 is 6.17 Å². The first-order valence-electron chi connectivity index (χ1n) is 4.99. The molecule has 0 aliphatic carbocycles. The molecule has 14 heavy (non-hydrogen) atoms. The second-order valence-electron chi connectivity index (χ2n) is 3.13. The number of halogens is 1. The Morgan fingerprint density at radius 3 is 2.79 bits per heavy atom. The third-order valence-corrected chi connectivity index (χ3v) is 2.96. The third-order valence-electron chi connectivity index (χ3n) is 1.95. The van der Waals surface area contributed by atoms with Gasteiger partial charge in [0.15, 0.2) is 0 Å². The number of methoxy groups -OCH3 is 1. The summed E-state index contributed by atoms with van der Waals surface area (Å²) in [6.07, 6.45) is 2.48. The number of hydrogen-bond acceptors (Lipinski definition) is 3. The minimum atomic E-state index is -0.652. The van der Waals surface area contributed by atoms with Crippen molar-refractivity contribution >= 4 is 17.7 Å². The molecule has 0 amide bonds. The number of rotatable bonds is 8. The Labute approximate surface area is 89.6 Å². The molecule has 0 fully saturated rings. The minimum Gasteiger partial charge on any atom is -0.468 e. The first-order chi connectivity index (χ1) is 6.70. The van der Waals surface area contributed by atoms with E-state index in [2.05, 4.69) is 4.74 Å². The van der Waals surface area contributed by atoms with Crippen molar-refractivity contribution in [2.75, 3.05) is 18.6 Å². The van der Waals surface area contributed by atoms with E-state index in [1.807, 2.05) is 6.92 Å². The Bertz CT molecular complexity index is 153. The largest absolute Gasteiger partial charge is 0.468 e. The summed E-state index contributed by atoms with van der Waals surface area (Å²) in [5.41, 5.74) is 0. The first kappa shape index (κ1) is 13.8. The monoisotopic (exact) mass is 222 g/mol. The maximum absolute atomic E-state index is 12.7. The van der Waals surface area contributed by atoms with Gasteiger partial charge in [0.05, 0.1) is 19.0 Å². The van der Waals surface area contributed by atoms with E-state index in [0.29, 0.717) is 18.6 Å². The maximum Gasteiger partial charge on any atom is 0.315 e. The lowest BCUT2D eigenvalue weighted by atomic mass is 10.1. The van der Waals surface area contributed by atoms with Crippen LogP contribution in [0.4, 0.5) is 4.39 Å². The number of unbranched alkanes of at least 4 members (excludes halogenated alkanes) is 1. The molecule has 1 unspecified atom stereocenters. The van der Waals surface area contributed by atoms with Gasteiger partial charge in [-0.25, -0.2) is 4.39 Å². The molecule has 0 aromatic rings. The molecular formula is C10H19FO2S. The van der Waals surface area contributed by atoms with Crippen LogP contribution in [-0.4, -0.2) is 30.8 Å². The van der Waals surface area contributed by atoms with Crippen LogP contribution >= 0.6 is 11.8 Å². The molecule has 0 bridgehead atoms. The number of alkyl halides is 1. The number of hydrogen-bond donors (Lipinski definition) is 0. The third kappa shape index (κ3) is 8.35. The molecule has 4 heteroatoms. The summed E-state index contributed by atoms with van der Waals surface area (Å²) in [5.74, 6) is 1.13. The lowest BCUT2D eigenvalue weighted by molar-refractivity contribution is -0.137. The van der Waals surface area contributed by atoms with Gasteiger partial charge >= 0.3 is 5.97 Å². The molecule has 84 valence electrons. The predicted molar refractivity (Wildman–Crippen MR) is 58.4 cm³/mol. The minimum absolute atomic E-state index is 0.188. The molecule has 0 aliphatic heterocycles. The number of thioether (sulfide) groups is 1. The number of carbonyl (C=O) groups excluding carboxylic acids is 1. The van der Waals surface area contributed by atoms with Crippen molar-refractivity contribution in [2.24, 2.45) is 0 Å². The maximum atomic E-state index is 12.7. The van der Waals surface area contributed by atoms with Gasteiger partial charge in [-0.1, -0.05) is 6.92 Å². The van der Waals surface area contributed by atoms with Gasteiger partial charge in [-0.3, -0.25) is 4.79 Å². The molecule has 2 nitrogen and oxygen atoms in total. The highest BCUT2D eigenvalue weighted by Gasteiger charge is 2.03. The average molecular weight is 222 g/mol. The van der Waals surface area contributed by atoms with E-state index in [0.717, 1.165) is 18.6 Å². The molecule has 0 heterocycles. The molecule has 0 saturated heterocycles. The molecule has 0 radical (unpaired) electrons. The van der Waals surface area contributed by atoms with Gasteiger partial charge in [-0.05, 0) is 31.4 Å². The molecule has 1 atom stereocenters. The molecule has 0 saturated carbocycles. The van der Waals surface area contributed by atoms with Crippen LogP contribution in [0.25, 0.3) is 0 Å². The summed E-state index contributed by atoms with van der Waals surface area (Å²) in [4.78, 5) is 10.7. The Hall–Kier alpha value is -0.250. The standard InChI is InChI=1S/C10H19FO2S/c1-3-9(11)6-4-5-7-14-8-10(12)13-2/h9H,3-8H2,1-2H3. The highest BCUT2D eigenvalue weighted by molar-refractivity contribution is 7.99. The van der Waals surface area contributed by atoms with Crippen LogP contribution in [0.2, 0.25) is 0 Å². The second kappa shape index (κ2) is 9.31. The smallest absolute Gasteiger partial charge is 0.315 e. The van der Waals surface area contributed by atoms with E-state index in [1.54, 1.807) is 11.8 Å². The van der Waals surface area contributed by atoms with Crippen molar-refractivity contribution in [2.45, 2.75) is 38.8 Å². The molecular weight excluding hydrogens is 203 g/mol. The zero-order chi connectivity index (χ0) is 10.8. The topological polar surface area (TPSA) is 26.3 Å². The fourth-order valence-electron chi connectivity index (χ4n) is 0.989. The molecule has 0 aliphatic rings. The number of carbonyl (C=O) groups is 1. The van der Waals surface area contributed by atoms with Crippen molar-refractivity contribution in [1.29, 1.82) is 0 Å². The fraction of sp³-hybridized carbons (Fsp3) is 0.900. The molecule has 0 spiro atoms. The van der Waals surface area contributed by atoms with Gasteiger partial charge < -0.3 is 4.74 Å². The first-order valence-corrected chi connectivity index (χ1v) is 6.14. The average Bonchev–Trinajstić information content (AvgIpc) is 2.22. The SMILES string of the molecule is CCC(F)CCCCSCC(=O)OC. The Morgan fingerprint density at radius 1 is 1.50 bits per heavy atom. The Kier molecular flexibility index (Phi) is 9.14. The van der Waals surface area contributed by atoms with Gasteiger partial charge in [-0.2, -0.15) is 11.8 Å². The zero-order valence-electron chi connectivity index (χ0n) is 8.92. The second-order valence-corrected chi connectivity index (χ2v) is 4.24. The Balaban J connectivity index is 3.10. The van der Waals surface area contributed by atoms with Gasteiger partial charge in [0, 0.05) is 0 Å². The van der Waals surface area contributed by atoms with Gasteiger partial charge in [0.2, 0.25) is 0 Å². The van der Waals surface area contributed by atoms with Crippen LogP contribution in [0, 0.1) is 0 Å². The fourth-order valence-corrected chi connectivity index (χ4v) is 1.83. The van der Waals surface area contributed by atoms with Gasteiger partial charge in [0.25, 0.3) is 0 Å². The van der Waals surface area contributed by atoms with Crippen LogP contribution in [0.3, 0.4) is 0 Å². The van der Waals surface area contributed by atoms with Crippen LogP contribution in [-0.2, 0) is 9.53 Å². The van der Waals surface area contributed by atoms with Gasteiger partial charge in [-0.15, -0.1) is 0 Å². The lowest BCUT2D eigenvalue weighted by Crippen LogP contribution is -2.04. The summed E-state index contributed by atoms with van der Waals surface area (Å²) in [5, 5.41) is 0. The van der Waals surface area contributed by atoms with Crippen LogP contribution in [0.15, 0.2) is 0 Å². The van der Waals surface area contributed by atoms with Crippen LogP contribution < -0.4 is 0 Å². The van der Waals surface area contributed by atoms with E-state index in [9.17, 15) is 9.18 Å². The van der Waals surface area contributed by atoms with E-state index in [4.69, 9.17) is 0 Å². The van der Waals surface area contributed by atoms with Crippen molar-refractivity contribution in [1.82, 2.24) is 0 Å². The summed E-state index contributed by atoms with van der Waals surface area (Å²) < 4.78 is 17.2.